The molecule has 5 nitrogen and oxygen atoms in total. The van der Waals surface area contributed by atoms with Gasteiger partial charge in [0.15, 0.2) is 11.5 Å². The van der Waals surface area contributed by atoms with Crippen molar-refractivity contribution in [3.05, 3.63) is 53.8 Å². The average molecular weight is 367 g/mol. The zero-order chi connectivity index (χ0) is 18.8. The fourth-order valence-corrected chi connectivity index (χ4v) is 3.31. The first-order valence-electron chi connectivity index (χ1n) is 9.11. The standard InChI is InChI=1S/C21H22FN3O2/c1-3-26-18-10-14-9-16-20(15(14)11-19(18)27-4-2)24-25-21(16)23-12-13-7-5-6-8-17(13)22/h5-11,23-25H,3-4,12H2,1-2H3. The summed E-state index contributed by atoms with van der Waals surface area (Å²) in [6, 6.07) is 12.8. The zero-order valence-electron chi connectivity index (χ0n) is 15.4. The summed E-state index contributed by atoms with van der Waals surface area (Å²) in [6.07, 6.45) is 0. The monoisotopic (exact) mass is 367 g/mol. The highest BCUT2D eigenvalue weighted by molar-refractivity contribution is 6.05. The van der Waals surface area contributed by atoms with Crippen LogP contribution < -0.4 is 14.8 Å². The lowest BCUT2D eigenvalue weighted by atomic mass is 10.2. The van der Waals surface area contributed by atoms with Gasteiger partial charge in [-0.25, -0.2) is 4.39 Å². The minimum atomic E-state index is -0.216. The SMILES string of the molecule is CCOc1cc2cc3c(NCc4ccccc4F)[nH][nH]c-3c2cc1OCC. The van der Waals surface area contributed by atoms with Gasteiger partial charge in [0.1, 0.15) is 11.6 Å². The molecule has 0 fully saturated rings. The second-order valence-electron chi connectivity index (χ2n) is 6.26. The van der Waals surface area contributed by atoms with Crippen molar-refractivity contribution in [1.29, 1.82) is 0 Å². The van der Waals surface area contributed by atoms with Crippen molar-refractivity contribution in [1.82, 2.24) is 10.2 Å². The maximum absolute atomic E-state index is 13.8. The van der Waals surface area contributed by atoms with E-state index in [0.717, 1.165) is 39.3 Å². The largest absolute Gasteiger partial charge is 0.490 e. The Labute approximate surface area is 156 Å². The third-order valence-corrected chi connectivity index (χ3v) is 4.55. The molecule has 2 aliphatic rings. The number of fused-ring (bicyclic) bond motifs is 3. The van der Waals surface area contributed by atoms with Crippen LogP contribution in [0.4, 0.5) is 10.2 Å². The maximum atomic E-state index is 13.8. The van der Waals surface area contributed by atoms with E-state index in [1.54, 1.807) is 12.1 Å². The summed E-state index contributed by atoms with van der Waals surface area (Å²) in [5.74, 6) is 2.08. The van der Waals surface area contributed by atoms with Crippen molar-refractivity contribution >= 4 is 16.6 Å². The molecule has 6 heteroatoms. The van der Waals surface area contributed by atoms with E-state index in [9.17, 15) is 4.39 Å². The van der Waals surface area contributed by atoms with Crippen molar-refractivity contribution < 1.29 is 13.9 Å². The number of benzene rings is 2. The quantitative estimate of drug-likeness (QED) is 0.423. The number of aromatic nitrogens is 2. The molecule has 0 bridgehead atoms. The molecule has 4 rings (SSSR count). The Kier molecular flexibility index (Phi) is 4.62. The lowest BCUT2D eigenvalue weighted by Gasteiger charge is -2.11. The molecule has 2 aromatic rings. The van der Waals surface area contributed by atoms with Gasteiger partial charge in [-0.05, 0) is 43.5 Å². The molecule has 2 aromatic carbocycles. The molecule has 0 saturated heterocycles. The van der Waals surface area contributed by atoms with Gasteiger partial charge in [-0.2, -0.15) is 0 Å². The number of hydrogen-bond acceptors (Lipinski definition) is 3. The zero-order valence-corrected chi connectivity index (χ0v) is 15.4. The third kappa shape index (κ3) is 3.18. The number of rotatable bonds is 7. The summed E-state index contributed by atoms with van der Waals surface area (Å²) in [5.41, 5.74) is 2.61. The van der Waals surface area contributed by atoms with Gasteiger partial charge in [-0.3, -0.25) is 10.2 Å². The number of nitrogens with one attached hydrogen (secondary N) is 3. The van der Waals surface area contributed by atoms with Crippen LogP contribution in [0.2, 0.25) is 0 Å². The maximum Gasteiger partial charge on any atom is 0.161 e. The van der Waals surface area contributed by atoms with Gasteiger partial charge in [0.25, 0.3) is 0 Å². The van der Waals surface area contributed by atoms with Gasteiger partial charge >= 0.3 is 0 Å². The fourth-order valence-electron chi connectivity index (χ4n) is 3.31. The van der Waals surface area contributed by atoms with Crippen molar-refractivity contribution in [3.8, 4) is 22.8 Å². The van der Waals surface area contributed by atoms with Gasteiger partial charge in [0.05, 0.1) is 18.9 Å². The van der Waals surface area contributed by atoms with E-state index in [1.165, 1.54) is 6.07 Å². The predicted molar refractivity (Wildman–Crippen MR) is 105 cm³/mol. The van der Waals surface area contributed by atoms with Crippen LogP contribution in [0.1, 0.15) is 19.4 Å². The molecule has 0 amide bonds. The molecule has 1 aliphatic carbocycles. The van der Waals surface area contributed by atoms with E-state index in [2.05, 4.69) is 21.6 Å². The van der Waals surface area contributed by atoms with E-state index >= 15 is 0 Å². The number of hydrogen-bond donors (Lipinski definition) is 3. The van der Waals surface area contributed by atoms with E-state index in [0.29, 0.717) is 25.3 Å². The van der Waals surface area contributed by atoms with Gasteiger partial charge in [-0.1, -0.05) is 18.2 Å². The summed E-state index contributed by atoms with van der Waals surface area (Å²) < 4.78 is 25.3. The van der Waals surface area contributed by atoms with Gasteiger partial charge in [-0.15, -0.1) is 0 Å². The van der Waals surface area contributed by atoms with E-state index in [1.807, 2.05) is 32.0 Å². The second-order valence-corrected chi connectivity index (χ2v) is 6.26. The Bertz CT molecular complexity index is 1040. The van der Waals surface area contributed by atoms with Crippen LogP contribution in [0.15, 0.2) is 42.5 Å². The fraction of sp³-hybridized carbons (Fsp3) is 0.238. The molecule has 27 heavy (non-hydrogen) atoms. The van der Waals surface area contributed by atoms with Crippen LogP contribution in [0.3, 0.4) is 0 Å². The molecule has 0 aromatic heterocycles. The summed E-state index contributed by atoms with van der Waals surface area (Å²) >= 11 is 0. The molecule has 1 heterocycles. The number of anilines is 1. The Morgan fingerprint density at radius 1 is 0.963 bits per heavy atom. The highest BCUT2D eigenvalue weighted by Gasteiger charge is 2.19. The second kappa shape index (κ2) is 7.23. The highest BCUT2D eigenvalue weighted by atomic mass is 19.1. The van der Waals surface area contributed by atoms with Crippen LogP contribution in [-0.4, -0.2) is 23.4 Å². The first-order chi connectivity index (χ1) is 13.2. The summed E-state index contributed by atoms with van der Waals surface area (Å²) in [4.78, 5) is 0. The predicted octanol–water partition coefficient (Wildman–Crippen LogP) is 5.15. The molecule has 3 N–H and O–H groups in total. The van der Waals surface area contributed by atoms with Crippen molar-refractivity contribution in [2.24, 2.45) is 0 Å². The summed E-state index contributed by atoms with van der Waals surface area (Å²) in [5, 5.41) is 11.7. The molecular formula is C21H22FN3O2. The summed E-state index contributed by atoms with van der Waals surface area (Å²) in [7, 11) is 0. The number of halogens is 1. The molecule has 0 saturated carbocycles. The number of aromatic amines is 2. The number of H-pyrrole nitrogens is 2. The summed E-state index contributed by atoms with van der Waals surface area (Å²) in [6.45, 7) is 5.45. The van der Waals surface area contributed by atoms with Gasteiger partial charge in [0, 0.05) is 23.1 Å². The molecule has 0 spiro atoms. The molecule has 0 unspecified atom stereocenters. The van der Waals surface area contributed by atoms with E-state index in [4.69, 9.17) is 9.47 Å². The van der Waals surface area contributed by atoms with Crippen molar-refractivity contribution in [2.75, 3.05) is 18.5 Å². The lowest BCUT2D eigenvalue weighted by molar-refractivity contribution is 0.288. The Morgan fingerprint density at radius 3 is 2.44 bits per heavy atom. The first kappa shape index (κ1) is 17.3. The van der Waals surface area contributed by atoms with Crippen LogP contribution >= 0.6 is 0 Å². The Morgan fingerprint density at radius 2 is 1.70 bits per heavy atom. The molecule has 0 atom stereocenters. The van der Waals surface area contributed by atoms with Crippen molar-refractivity contribution in [3.63, 3.8) is 0 Å². The molecule has 140 valence electrons. The molecular weight excluding hydrogens is 345 g/mol. The first-order valence-corrected chi connectivity index (χ1v) is 9.11. The number of ether oxygens (including phenoxy) is 2. The minimum Gasteiger partial charge on any atom is -0.490 e. The van der Waals surface area contributed by atoms with Crippen LogP contribution in [-0.2, 0) is 6.54 Å². The highest BCUT2D eigenvalue weighted by Crippen LogP contribution is 2.42. The smallest absolute Gasteiger partial charge is 0.161 e. The van der Waals surface area contributed by atoms with E-state index in [-0.39, 0.29) is 5.82 Å². The van der Waals surface area contributed by atoms with E-state index < -0.39 is 0 Å². The Hall–Kier alpha value is -3.15. The lowest BCUT2D eigenvalue weighted by Crippen LogP contribution is -2.02. The average Bonchev–Trinajstić information content (AvgIpc) is 3.21. The van der Waals surface area contributed by atoms with Crippen molar-refractivity contribution in [2.45, 2.75) is 20.4 Å². The third-order valence-electron chi connectivity index (χ3n) is 4.55. The van der Waals surface area contributed by atoms with Gasteiger partial charge in [0.2, 0.25) is 0 Å². The molecule has 1 aliphatic heterocycles. The Balaban J connectivity index is 1.67. The molecule has 0 radical (unpaired) electrons. The van der Waals surface area contributed by atoms with Crippen LogP contribution in [0.25, 0.3) is 22.0 Å². The van der Waals surface area contributed by atoms with Crippen LogP contribution in [0, 0.1) is 5.82 Å². The van der Waals surface area contributed by atoms with Gasteiger partial charge < -0.3 is 14.8 Å². The topological polar surface area (TPSA) is 62.1 Å². The normalized spacial score (nSPS) is 11.2. The minimum absolute atomic E-state index is 0.216. The van der Waals surface area contributed by atoms with Crippen LogP contribution in [0.5, 0.6) is 11.5 Å².